The molecule has 0 radical (unpaired) electrons. The van der Waals surface area contributed by atoms with Crippen molar-refractivity contribution in [1.82, 2.24) is 20.0 Å². The molecule has 2 rings (SSSR count). The van der Waals surface area contributed by atoms with Gasteiger partial charge in [-0.05, 0) is 37.3 Å². The van der Waals surface area contributed by atoms with E-state index in [2.05, 4.69) is 20.0 Å². The van der Waals surface area contributed by atoms with Gasteiger partial charge >= 0.3 is 0 Å². The monoisotopic (exact) mass is 393 g/mol. The van der Waals surface area contributed by atoms with E-state index in [1.54, 1.807) is 17.2 Å². The van der Waals surface area contributed by atoms with Crippen LogP contribution >= 0.6 is 0 Å². The summed E-state index contributed by atoms with van der Waals surface area (Å²) in [5, 5.41) is 11.9. The highest BCUT2D eigenvalue weighted by atomic mass is 32.2. The number of carbonyl (C=O) groups is 1. The molecule has 0 spiro atoms. The predicted octanol–water partition coefficient (Wildman–Crippen LogP) is 0.132. The number of rotatable bonds is 8. The molecule has 146 valence electrons. The minimum absolute atomic E-state index is 0.0196. The second-order valence-corrected chi connectivity index (χ2v) is 7.92. The molecule has 27 heavy (non-hydrogen) atoms. The fourth-order valence-corrected chi connectivity index (χ4v) is 3.19. The second-order valence-electron chi connectivity index (χ2n) is 6.15. The first-order valence-corrected chi connectivity index (χ1v) is 9.72. The van der Waals surface area contributed by atoms with Crippen molar-refractivity contribution in [3.05, 3.63) is 47.8 Å². The summed E-state index contributed by atoms with van der Waals surface area (Å²) in [6.07, 6.45) is 0.823. The number of sulfonamides is 1. The third-order valence-corrected chi connectivity index (χ3v) is 4.97. The lowest BCUT2D eigenvalue weighted by Crippen LogP contribution is -2.30. The minimum Gasteiger partial charge on any atom is -0.392 e. The van der Waals surface area contributed by atoms with E-state index in [4.69, 9.17) is 0 Å². The van der Waals surface area contributed by atoms with Crippen molar-refractivity contribution in [2.75, 3.05) is 25.5 Å². The summed E-state index contributed by atoms with van der Waals surface area (Å²) in [7, 11) is -0.0837. The Morgan fingerprint density at radius 2 is 1.89 bits per heavy atom. The summed E-state index contributed by atoms with van der Waals surface area (Å²) >= 11 is 0. The fraction of sp³-hybridized carbons (Fsp3) is 0.353. The average Bonchev–Trinajstić information content (AvgIpc) is 2.65. The quantitative estimate of drug-likeness (QED) is 0.582. The lowest BCUT2D eigenvalue weighted by Gasteiger charge is -2.11. The van der Waals surface area contributed by atoms with Crippen molar-refractivity contribution in [2.45, 2.75) is 24.5 Å². The number of benzene rings is 1. The molecule has 2 aromatic rings. The van der Waals surface area contributed by atoms with Gasteiger partial charge in [0.25, 0.3) is 5.91 Å². The van der Waals surface area contributed by atoms with Crippen molar-refractivity contribution < 1.29 is 18.3 Å². The van der Waals surface area contributed by atoms with E-state index in [-0.39, 0.29) is 23.9 Å². The van der Waals surface area contributed by atoms with Crippen LogP contribution in [0, 0.1) is 0 Å². The molecule has 0 aliphatic rings. The molecule has 1 unspecified atom stereocenters. The summed E-state index contributed by atoms with van der Waals surface area (Å²) in [6.45, 7) is 1.62. The Morgan fingerprint density at radius 3 is 2.48 bits per heavy atom. The van der Waals surface area contributed by atoms with Crippen molar-refractivity contribution in [3.63, 3.8) is 0 Å². The van der Waals surface area contributed by atoms with Crippen LogP contribution in [0.3, 0.4) is 0 Å². The highest BCUT2D eigenvalue weighted by molar-refractivity contribution is 7.89. The molecule has 0 aliphatic carbocycles. The number of hydrogen-bond acceptors (Lipinski definition) is 7. The van der Waals surface area contributed by atoms with Crippen molar-refractivity contribution >= 4 is 21.9 Å². The van der Waals surface area contributed by atoms with Gasteiger partial charge in [0.2, 0.25) is 16.0 Å². The number of aliphatic hydroxyl groups excluding tert-OH is 1. The lowest BCUT2D eigenvalue weighted by molar-refractivity contribution is 0.0950. The SMILES string of the molecule is CC(O)CNS(=O)(=O)c1ccc(C(=O)NCc2ccnc(N(C)C)n2)cc1. The number of hydrogen-bond donors (Lipinski definition) is 3. The Kier molecular flexibility index (Phi) is 6.83. The predicted molar refractivity (Wildman–Crippen MR) is 101 cm³/mol. The van der Waals surface area contributed by atoms with E-state index < -0.39 is 16.1 Å². The highest BCUT2D eigenvalue weighted by Crippen LogP contribution is 2.11. The molecule has 1 heterocycles. The number of aromatic nitrogens is 2. The Bertz CT molecular complexity index is 882. The molecule has 0 aliphatic heterocycles. The van der Waals surface area contributed by atoms with Crippen LogP contribution in [0.4, 0.5) is 5.95 Å². The topological polar surface area (TPSA) is 125 Å². The minimum atomic E-state index is -3.73. The summed E-state index contributed by atoms with van der Waals surface area (Å²) in [5.41, 5.74) is 0.981. The molecular formula is C17H23N5O4S. The Morgan fingerprint density at radius 1 is 1.22 bits per heavy atom. The molecule has 10 heteroatoms. The van der Waals surface area contributed by atoms with E-state index in [0.29, 0.717) is 17.2 Å². The number of aliphatic hydroxyl groups is 1. The normalized spacial score (nSPS) is 12.4. The van der Waals surface area contributed by atoms with Gasteiger partial charge in [0, 0.05) is 32.4 Å². The van der Waals surface area contributed by atoms with E-state index in [1.165, 1.54) is 31.2 Å². The molecule has 0 saturated carbocycles. The first kappa shape index (κ1) is 20.7. The van der Waals surface area contributed by atoms with Gasteiger partial charge in [-0.3, -0.25) is 4.79 Å². The molecule has 9 nitrogen and oxygen atoms in total. The summed E-state index contributed by atoms with van der Waals surface area (Å²) in [4.78, 5) is 22.4. The molecular weight excluding hydrogens is 370 g/mol. The number of amides is 1. The van der Waals surface area contributed by atoms with E-state index in [9.17, 15) is 18.3 Å². The van der Waals surface area contributed by atoms with Gasteiger partial charge in [-0.15, -0.1) is 0 Å². The van der Waals surface area contributed by atoms with Crippen LogP contribution in [0.5, 0.6) is 0 Å². The van der Waals surface area contributed by atoms with Crippen LogP contribution in [-0.4, -0.2) is 56.1 Å². The second kappa shape index (κ2) is 8.89. The van der Waals surface area contributed by atoms with E-state index in [1.807, 2.05) is 14.1 Å². The highest BCUT2D eigenvalue weighted by Gasteiger charge is 2.15. The number of nitrogens with one attached hydrogen (secondary N) is 2. The van der Waals surface area contributed by atoms with Crippen molar-refractivity contribution in [1.29, 1.82) is 0 Å². The third kappa shape index (κ3) is 5.98. The number of carbonyl (C=O) groups excluding carboxylic acids is 1. The van der Waals surface area contributed by atoms with Gasteiger partial charge in [-0.1, -0.05) is 0 Å². The average molecular weight is 393 g/mol. The van der Waals surface area contributed by atoms with Crippen LogP contribution in [-0.2, 0) is 16.6 Å². The van der Waals surface area contributed by atoms with Crippen LogP contribution in [0.2, 0.25) is 0 Å². The largest absolute Gasteiger partial charge is 0.392 e. The van der Waals surface area contributed by atoms with E-state index >= 15 is 0 Å². The maximum Gasteiger partial charge on any atom is 0.251 e. The Balaban J connectivity index is 2.00. The van der Waals surface area contributed by atoms with Crippen molar-refractivity contribution in [2.24, 2.45) is 0 Å². The molecule has 1 amide bonds. The first-order valence-electron chi connectivity index (χ1n) is 8.24. The molecule has 0 saturated heterocycles. The maximum absolute atomic E-state index is 12.2. The summed E-state index contributed by atoms with van der Waals surface area (Å²) in [5.74, 6) is 0.196. The smallest absolute Gasteiger partial charge is 0.251 e. The van der Waals surface area contributed by atoms with Crippen LogP contribution in [0.1, 0.15) is 23.0 Å². The van der Waals surface area contributed by atoms with Gasteiger partial charge in [0.15, 0.2) is 0 Å². The molecule has 3 N–H and O–H groups in total. The third-order valence-electron chi connectivity index (χ3n) is 3.53. The zero-order valence-corrected chi connectivity index (χ0v) is 16.2. The zero-order chi connectivity index (χ0) is 20.0. The fourth-order valence-electron chi connectivity index (χ4n) is 2.07. The Hall–Kier alpha value is -2.56. The van der Waals surface area contributed by atoms with Crippen molar-refractivity contribution in [3.8, 4) is 0 Å². The maximum atomic E-state index is 12.2. The van der Waals surface area contributed by atoms with Gasteiger partial charge in [-0.2, -0.15) is 0 Å². The van der Waals surface area contributed by atoms with Crippen LogP contribution in [0.15, 0.2) is 41.4 Å². The standard InChI is InChI=1S/C17H23N5O4S/c1-12(23)10-20-27(25,26)15-6-4-13(5-7-15)16(24)19-11-14-8-9-18-17(21-14)22(2)3/h4-9,12,20,23H,10-11H2,1-3H3,(H,19,24). The Labute approximate surface area is 158 Å². The van der Waals surface area contributed by atoms with Gasteiger partial charge in [0.05, 0.1) is 23.2 Å². The van der Waals surface area contributed by atoms with E-state index in [0.717, 1.165) is 0 Å². The lowest BCUT2D eigenvalue weighted by atomic mass is 10.2. The summed E-state index contributed by atoms with van der Waals surface area (Å²) < 4.78 is 26.4. The molecule has 0 fully saturated rings. The van der Waals surface area contributed by atoms with Gasteiger partial charge < -0.3 is 15.3 Å². The van der Waals surface area contributed by atoms with Gasteiger partial charge in [0.1, 0.15) is 0 Å². The van der Waals surface area contributed by atoms with Gasteiger partial charge in [-0.25, -0.2) is 23.1 Å². The van der Waals surface area contributed by atoms with Crippen LogP contribution < -0.4 is 14.9 Å². The summed E-state index contributed by atoms with van der Waals surface area (Å²) in [6, 6.07) is 7.24. The first-order chi connectivity index (χ1) is 12.7. The number of anilines is 1. The van der Waals surface area contributed by atoms with Crippen LogP contribution in [0.25, 0.3) is 0 Å². The molecule has 1 atom stereocenters. The zero-order valence-electron chi connectivity index (χ0n) is 15.4. The molecule has 1 aromatic heterocycles. The molecule has 1 aromatic carbocycles. The number of nitrogens with zero attached hydrogens (tertiary/aromatic N) is 3. The molecule has 0 bridgehead atoms.